The Hall–Kier alpha value is -2.60. The molecule has 0 aromatic heterocycles. The van der Waals surface area contributed by atoms with E-state index in [1.54, 1.807) is 30.3 Å². The fourth-order valence-corrected chi connectivity index (χ4v) is 2.04. The third kappa shape index (κ3) is 2.86. The molecule has 0 spiro atoms. The summed E-state index contributed by atoms with van der Waals surface area (Å²) in [5, 5.41) is 9.32. The lowest BCUT2D eigenvalue weighted by Crippen LogP contribution is -2.13. The van der Waals surface area contributed by atoms with Crippen molar-refractivity contribution in [1.82, 2.24) is 0 Å². The number of carbonyl (C=O) groups excluding carboxylic acids is 1. The zero-order valence-electron chi connectivity index (χ0n) is 11.2. The van der Waals surface area contributed by atoms with Gasteiger partial charge in [-0.2, -0.15) is 5.26 Å². The minimum absolute atomic E-state index is 0.234. The van der Waals surface area contributed by atoms with Crippen molar-refractivity contribution in [2.45, 2.75) is 12.8 Å². The van der Waals surface area contributed by atoms with Crippen LogP contribution in [0.15, 0.2) is 54.6 Å². The number of nitriles is 1. The van der Waals surface area contributed by atoms with Crippen LogP contribution in [0.2, 0.25) is 0 Å². The molecule has 3 heteroatoms. The average Bonchev–Trinajstić information content (AvgIpc) is 2.50. The van der Waals surface area contributed by atoms with Crippen molar-refractivity contribution in [2.24, 2.45) is 0 Å². The normalized spacial score (nSPS) is 11.4. The first-order chi connectivity index (χ1) is 9.77. The Morgan fingerprint density at radius 1 is 1.15 bits per heavy atom. The molecule has 0 amide bonds. The number of Topliss-reactive ketones (excluding diaryl/α,β-unsaturated/α-hetero) is 1. The van der Waals surface area contributed by atoms with E-state index >= 15 is 0 Å². The van der Waals surface area contributed by atoms with Gasteiger partial charge in [0.05, 0.1) is 18.2 Å². The first-order valence-electron chi connectivity index (χ1n) is 6.48. The third-order valence-corrected chi connectivity index (χ3v) is 2.98. The number of hydrogen-bond donors (Lipinski definition) is 0. The number of ether oxygens (including phenoxy) is 1. The maximum Gasteiger partial charge on any atom is 0.188 e. The monoisotopic (exact) mass is 265 g/mol. The van der Waals surface area contributed by atoms with Gasteiger partial charge in [-0.15, -0.1) is 0 Å². The Bertz CT molecular complexity index is 629. The molecule has 0 saturated heterocycles. The predicted octanol–water partition coefficient (Wildman–Crippen LogP) is 3.58. The van der Waals surface area contributed by atoms with Crippen LogP contribution in [0.4, 0.5) is 0 Å². The fraction of sp³-hybridized carbons (Fsp3) is 0.176. The summed E-state index contributed by atoms with van der Waals surface area (Å²) in [7, 11) is 0. The summed E-state index contributed by atoms with van der Waals surface area (Å²) in [5.41, 5.74) is 1.15. The van der Waals surface area contributed by atoms with Gasteiger partial charge in [-0.05, 0) is 24.6 Å². The summed E-state index contributed by atoms with van der Waals surface area (Å²) in [6, 6.07) is 18.2. The molecule has 0 radical (unpaired) electrons. The zero-order chi connectivity index (χ0) is 14.4. The standard InChI is InChI=1S/C17H15NO2/c1-2-20-16-11-7-6-10-14(16)17(19)15(12-18)13-8-4-3-5-9-13/h3-11,15H,2H2,1H3. The Morgan fingerprint density at radius 3 is 2.45 bits per heavy atom. The minimum atomic E-state index is -0.808. The molecule has 0 aliphatic heterocycles. The van der Waals surface area contributed by atoms with Crippen molar-refractivity contribution >= 4 is 5.78 Å². The molecule has 1 atom stereocenters. The van der Waals surface area contributed by atoms with E-state index in [4.69, 9.17) is 4.74 Å². The van der Waals surface area contributed by atoms with Crippen LogP contribution in [-0.2, 0) is 0 Å². The number of benzene rings is 2. The van der Waals surface area contributed by atoms with Crippen LogP contribution in [-0.4, -0.2) is 12.4 Å². The van der Waals surface area contributed by atoms with Crippen LogP contribution in [0.5, 0.6) is 5.75 Å². The summed E-state index contributed by atoms with van der Waals surface area (Å²) in [6.07, 6.45) is 0. The zero-order valence-corrected chi connectivity index (χ0v) is 11.2. The maximum absolute atomic E-state index is 12.6. The minimum Gasteiger partial charge on any atom is -0.493 e. The molecule has 0 heterocycles. The topological polar surface area (TPSA) is 50.1 Å². The molecule has 0 fully saturated rings. The smallest absolute Gasteiger partial charge is 0.188 e. The first-order valence-corrected chi connectivity index (χ1v) is 6.48. The van der Waals surface area contributed by atoms with Crippen LogP contribution in [0.1, 0.15) is 28.8 Å². The van der Waals surface area contributed by atoms with Gasteiger partial charge in [0.25, 0.3) is 0 Å². The second kappa shape index (κ2) is 6.53. The van der Waals surface area contributed by atoms with Crippen molar-refractivity contribution in [1.29, 1.82) is 5.26 Å². The lowest BCUT2D eigenvalue weighted by atomic mass is 9.91. The Balaban J connectivity index is 2.38. The van der Waals surface area contributed by atoms with Crippen molar-refractivity contribution in [3.8, 4) is 11.8 Å². The molecule has 2 rings (SSSR count). The van der Waals surface area contributed by atoms with Crippen LogP contribution in [0.3, 0.4) is 0 Å². The van der Waals surface area contributed by atoms with Gasteiger partial charge in [-0.25, -0.2) is 0 Å². The van der Waals surface area contributed by atoms with Gasteiger partial charge in [0.2, 0.25) is 0 Å². The van der Waals surface area contributed by atoms with E-state index in [1.165, 1.54) is 0 Å². The van der Waals surface area contributed by atoms with Crippen LogP contribution >= 0.6 is 0 Å². The van der Waals surface area contributed by atoms with Crippen molar-refractivity contribution < 1.29 is 9.53 Å². The quantitative estimate of drug-likeness (QED) is 0.776. The lowest BCUT2D eigenvalue weighted by molar-refractivity contribution is 0.0975. The molecule has 0 bridgehead atoms. The van der Waals surface area contributed by atoms with E-state index in [2.05, 4.69) is 6.07 Å². The van der Waals surface area contributed by atoms with Gasteiger partial charge in [0.1, 0.15) is 11.7 Å². The van der Waals surface area contributed by atoms with E-state index < -0.39 is 5.92 Å². The number of para-hydroxylation sites is 1. The molecule has 0 aliphatic carbocycles. The maximum atomic E-state index is 12.6. The number of hydrogen-bond acceptors (Lipinski definition) is 3. The molecular weight excluding hydrogens is 250 g/mol. The first kappa shape index (κ1) is 13.8. The number of rotatable bonds is 5. The predicted molar refractivity (Wildman–Crippen MR) is 76.7 cm³/mol. The Kier molecular flexibility index (Phi) is 4.52. The van der Waals surface area contributed by atoms with Gasteiger partial charge in [-0.1, -0.05) is 42.5 Å². The summed E-state index contributed by atoms with van der Waals surface area (Å²) in [6.45, 7) is 2.34. The molecule has 0 aliphatic rings. The summed E-state index contributed by atoms with van der Waals surface area (Å²) in [5.74, 6) is -0.517. The van der Waals surface area contributed by atoms with E-state index in [-0.39, 0.29) is 5.78 Å². The number of ketones is 1. The van der Waals surface area contributed by atoms with E-state index in [9.17, 15) is 10.1 Å². The van der Waals surface area contributed by atoms with Gasteiger partial charge in [0, 0.05) is 0 Å². The molecule has 1 unspecified atom stereocenters. The van der Waals surface area contributed by atoms with Crippen LogP contribution in [0, 0.1) is 11.3 Å². The van der Waals surface area contributed by atoms with Crippen molar-refractivity contribution in [2.75, 3.05) is 6.61 Å². The summed E-state index contributed by atoms with van der Waals surface area (Å²) < 4.78 is 5.46. The molecule has 3 nitrogen and oxygen atoms in total. The summed E-state index contributed by atoms with van der Waals surface area (Å²) >= 11 is 0. The molecular formula is C17H15NO2. The highest BCUT2D eigenvalue weighted by molar-refractivity contribution is 6.04. The molecule has 2 aromatic carbocycles. The lowest BCUT2D eigenvalue weighted by Gasteiger charge is -2.12. The molecule has 0 saturated carbocycles. The van der Waals surface area contributed by atoms with Gasteiger partial charge in [-0.3, -0.25) is 4.79 Å². The second-order valence-electron chi connectivity index (χ2n) is 4.27. The van der Waals surface area contributed by atoms with E-state index in [0.29, 0.717) is 23.5 Å². The fourth-order valence-electron chi connectivity index (χ4n) is 2.04. The highest BCUT2D eigenvalue weighted by Crippen LogP contribution is 2.26. The number of carbonyl (C=O) groups is 1. The molecule has 100 valence electrons. The van der Waals surface area contributed by atoms with E-state index in [1.807, 2.05) is 31.2 Å². The van der Waals surface area contributed by atoms with Gasteiger partial charge in [0.15, 0.2) is 5.78 Å². The van der Waals surface area contributed by atoms with Crippen molar-refractivity contribution in [3.05, 3.63) is 65.7 Å². The molecule has 20 heavy (non-hydrogen) atoms. The largest absolute Gasteiger partial charge is 0.493 e. The van der Waals surface area contributed by atoms with Crippen LogP contribution in [0.25, 0.3) is 0 Å². The molecule has 0 N–H and O–H groups in total. The highest BCUT2D eigenvalue weighted by atomic mass is 16.5. The van der Waals surface area contributed by atoms with E-state index in [0.717, 1.165) is 0 Å². The van der Waals surface area contributed by atoms with Crippen molar-refractivity contribution in [3.63, 3.8) is 0 Å². The van der Waals surface area contributed by atoms with Gasteiger partial charge < -0.3 is 4.74 Å². The Labute approximate surface area is 118 Å². The molecule has 2 aromatic rings. The van der Waals surface area contributed by atoms with Crippen LogP contribution < -0.4 is 4.74 Å². The third-order valence-electron chi connectivity index (χ3n) is 2.98. The Morgan fingerprint density at radius 2 is 1.80 bits per heavy atom. The highest BCUT2D eigenvalue weighted by Gasteiger charge is 2.24. The number of nitrogens with zero attached hydrogens (tertiary/aromatic N) is 1. The SMILES string of the molecule is CCOc1ccccc1C(=O)C(C#N)c1ccccc1. The average molecular weight is 265 g/mol. The second-order valence-corrected chi connectivity index (χ2v) is 4.27. The summed E-state index contributed by atoms with van der Waals surface area (Å²) in [4.78, 5) is 12.6. The van der Waals surface area contributed by atoms with Gasteiger partial charge >= 0.3 is 0 Å².